The van der Waals surface area contributed by atoms with Crippen LogP contribution in [0.2, 0.25) is 0 Å². The lowest BCUT2D eigenvalue weighted by Crippen LogP contribution is -2.37. The largest absolute Gasteiger partial charge is 0.445 e. The van der Waals surface area contributed by atoms with Crippen molar-refractivity contribution < 1.29 is 14.3 Å². The smallest absolute Gasteiger partial charge is 0.407 e. The molecule has 1 aromatic rings. The van der Waals surface area contributed by atoms with E-state index >= 15 is 0 Å². The monoisotopic (exact) mass is 294 g/mol. The van der Waals surface area contributed by atoms with Crippen LogP contribution >= 0.6 is 11.8 Å². The standard InChI is InChI=1S/C14H18N2O3S/c1-20-8-7-13(9-15-11-17)16-14(18)19-10-12-5-3-2-4-6-12/h2-6,13H,7-10H2,1H3,(H,16,18). The van der Waals surface area contributed by atoms with E-state index < -0.39 is 6.09 Å². The van der Waals surface area contributed by atoms with Crippen LogP contribution in [0.3, 0.4) is 0 Å². The summed E-state index contributed by atoms with van der Waals surface area (Å²) >= 11 is 1.67. The number of benzene rings is 1. The van der Waals surface area contributed by atoms with Crippen LogP contribution in [0.1, 0.15) is 12.0 Å². The number of carbonyl (C=O) groups excluding carboxylic acids is 2. The third kappa shape index (κ3) is 6.97. The molecular formula is C14H18N2O3S. The third-order valence-electron chi connectivity index (χ3n) is 2.58. The van der Waals surface area contributed by atoms with Gasteiger partial charge in [-0.3, -0.25) is 0 Å². The number of nitrogens with zero attached hydrogens (tertiary/aromatic N) is 1. The predicted molar refractivity (Wildman–Crippen MR) is 79.5 cm³/mol. The van der Waals surface area contributed by atoms with E-state index in [9.17, 15) is 9.59 Å². The van der Waals surface area contributed by atoms with Gasteiger partial charge in [0.25, 0.3) is 0 Å². The Labute approximate surface area is 122 Å². The van der Waals surface area contributed by atoms with Crippen molar-refractivity contribution in [3.05, 3.63) is 35.9 Å². The number of ether oxygens (including phenoxy) is 1. The Morgan fingerprint density at radius 2 is 2.20 bits per heavy atom. The zero-order chi connectivity index (χ0) is 14.6. The lowest BCUT2D eigenvalue weighted by atomic mass is 10.2. The predicted octanol–water partition coefficient (Wildman–Crippen LogP) is 2.37. The second kappa shape index (κ2) is 10.1. The minimum absolute atomic E-state index is 0.202. The van der Waals surface area contributed by atoms with Gasteiger partial charge in [-0.2, -0.15) is 11.8 Å². The van der Waals surface area contributed by atoms with Gasteiger partial charge in [-0.15, -0.1) is 0 Å². The Hall–Kier alpha value is -1.78. The summed E-state index contributed by atoms with van der Waals surface area (Å²) < 4.78 is 5.12. The molecule has 0 saturated heterocycles. The van der Waals surface area contributed by atoms with Crippen LogP contribution in [-0.4, -0.2) is 36.8 Å². The Kier molecular flexibility index (Phi) is 8.19. The van der Waals surface area contributed by atoms with Crippen molar-refractivity contribution in [2.45, 2.75) is 19.1 Å². The van der Waals surface area contributed by atoms with Crippen molar-refractivity contribution in [2.75, 3.05) is 18.6 Å². The number of amides is 1. The van der Waals surface area contributed by atoms with Gasteiger partial charge < -0.3 is 10.1 Å². The molecule has 0 spiro atoms. The number of rotatable bonds is 8. The van der Waals surface area contributed by atoms with Crippen LogP contribution in [-0.2, 0) is 16.1 Å². The highest BCUT2D eigenvalue weighted by molar-refractivity contribution is 7.98. The molecule has 1 N–H and O–H groups in total. The molecule has 1 aromatic carbocycles. The Morgan fingerprint density at radius 3 is 2.85 bits per heavy atom. The molecule has 0 bridgehead atoms. The van der Waals surface area contributed by atoms with Crippen molar-refractivity contribution in [2.24, 2.45) is 4.99 Å². The fourth-order valence-electron chi connectivity index (χ4n) is 1.55. The fourth-order valence-corrected chi connectivity index (χ4v) is 2.07. The molecule has 108 valence electrons. The second-order valence-electron chi connectivity index (χ2n) is 4.12. The summed E-state index contributed by atoms with van der Waals surface area (Å²) in [7, 11) is 0. The first-order valence-electron chi connectivity index (χ1n) is 6.26. The Balaban J connectivity index is 2.38. The molecule has 0 radical (unpaired) electrons. The van der Waals surface area contributed by atoms with E-state index in [1.165, 1.54) is 6.08 Å². The van der Waals surface area contributed by atoms with E-state index in [0.29, 0.717) is 0 Å². The number of isocyanates is 1. The number of thioether (sulfide) groups is 1. The van der Waals surface area contributed by atoms with E-state index in [4.69, 9.17) is 4.74 Å². The molecule has 0 aliphatic carbocycles. The van der Waals surface area contributed by atoms with Crippen LogP contribution in [0.15, 0.2) is 35.3 Å². The number of hydrogen-bond donors (Lipinski definition) is 1. The molecule has 1 amide bonds. The maximum absolute atomic E-state index is 11.7. The van der Waals surface area contributed by atoms with E-state index in [1.54, 1.807) is 11.8 Å². The normalized spacial score (nSPS) is 11.2. The summed E-state index contributed by atoms with van der Waals surface area (Å²) in [5, 5.41) is 2.71. The van der Waals surface area contributed by atoms with Gasteiger partial charge in [0, 0.05) is 0 Å². The van der Waals surface area contributed by atoms with Crippen molar-refractivity contribution >= 4 is 23.9 Å². The highest BCUT2D eigenvalue weighted by Crippen LogP contribution is 2.03. The minimum atomic E-state index is -0.499. The summed E-state index contributed by atoms with van der Waals surface area (Å²) in [4.78, 5) is 25.3. The zero-order valence-electron chi connectivity index (χ0n) is 11.4. The zero-order valence-corrected chi connectivity index (χ0v) is 12.2. The first-order valence-corrected chi connectivity index (χ1v) is 7.65. The molecule has 0 aliphatic rings. The average Bonchev–Trinajstić information content (AvgIpc) is 2.49. The molecule has 20 heavy (non-hydrogen) atoms. The van der Waals surface area contributed by atoms with Crippen LogP contribution in [0, 0.1) is 0 Å². The minimum Gasteiger partial charge on any atom is -0.445 e. The number of aliphatic imine (C=N–C) groups is 1. The summed E-state index contributed by atoms with van der Waals surface area (Å²) in [6.07, 6.45) is 3.69. The molecule has 0 fully saturated rings. The SMILES string of the molecule is CSCCC(CN=C=O)NC(=O)OCc1ccccc1. The lowest BCUT2D eigenvalue weighted by molar-refractivity contribution is 0.135. The van der Waals surface area contributed by atoms with Gasteiger partial charge in [-0.05, 0) is 24.0 Å². The van der Waals surface area contributed by atoms with Crippen LogP contribution in [0.5, 0.6) is 0 Å². The first kappa shape index (κ1) is 16.3. The van der Waals surface area contributed by atoms with Crippen molar-refractivity contribution in [3.63, 3.8) is 0 Å². The molecule has 0 aromatic heterocycles. The molecule has 5 nitrogen and oxygen atoms in total. The van der Waals surface area contributed by atoms with E-state index in [0.717, 1.165) is 17.7 Å². The molecule has 0 saturated carbocycles. The summed E-state index contributed by atoms with van der Waals surface area (Å²) in [6.45, 7) is 0.448. The third-order valence-corrected chi connectivity index (χ3v) is 3.23. The van der Waals surface area contributed by atoms with E-state index in [2.05, 4.69) is 10.3 Å². The average molecular weight is 294 g/mol. The molecule has 1 unspecified atom stereocenters. The maximum Gasteiger partial charge on any atom is 0.407 e. The van der Waals surface area contributed by atoms with Crippen LogP contribution in [0.4, 0.5) is 4.79 Å². The van der Waals surface area contributed by atoms with Gasteiger partial charge in [-0.25, -0.2) is 14.6 Å². The van der Waals surface area contributed by atoms with E-state index in [-0.39, 0.29) is 19.2 Å². The first-order chi connectivity index (χ1) is 9.76. The molecule has 1 rings (SSSR count). The topological polar surface area (TPSA) is 67.8 Å². The summed E-state index contributed by atoms with van der Waals surface area (Å²) in [5.74, 6) is 0.873. The van der Waals surface area contributed by atoms with Crippen LogP contribution in [0.25, 0.3) is 0 Å². The van der Waals surface area contributed by atoms with Crippen LogP contribution < -0.4 is 5.32 Å². The highest BCUT2D eigenvalue weighted by atomic mass is 32.2. The van der Waals surface area contributed by atoms with Gasteiger partial charge in [0.15, 0.2) is 0 Å². The van der Waals surface area contributed by atoms with Gasteiger partial charge in [0.1, 0.15) is 6.61 Å². The van der Waals surface area contributed by atoms with Crippen molar-refractivity contribution in [1.82, 2.24) is 5.32 Å². The van der Waals surface area contributed by atoms with Gasteiger partial charge in [0.2, 0.25) is 6.08 Å². The lowest BCUT2D eigenvalue weighted by Gasteiger charge is -2.15. The fraction of sp³-hybridized carbons (Fsp3) is 0.429. The maximum atomic E-state index is 11.7. The van der Waals surface area contributed by atoms with E-state index in [1.807, 2.05) is 36.6 Å². The number of nitrogens with one attached hydrogen (secondary N) is 1. The molecule has 1 atom stereocenters. The highest BCUT2D eigenvalue weighted by Gasteiger charge is 2.12. The summed E-state index contributed by atoms with van der Waals surface area (Å²) in [6, 6.07) is 9.24. The molecule has 0 heterocycles. The number of alkyl carbamates (subject to hydrolysis) is 1. The second-order valence-corrected chi connectivity index (χ2v) is 5.10. The summed E-state index contributed by atoms with van der Waals surface area (Å²) in [5.41, 5.74) is 0.925. The molecule has 0 aliphatic heterocycles. The quantitative estimate of drug-likeness (QED) is 0.590. The van der Waals surface area contributed by atoms with Crippen molar-refractivity contribution in [1.29, 1.82) is 0 Å². The number of hydrogen-bond acceptors (Lipinski definition) is 5. The Bertz CT molecular complexity index is 447. The van der Waals surface area contributed by atoms with Gasteiger partial charge in [0.05, 0.1) is 12.6 Å². The molecule has 6 heteroatoms. The van der Waals surface area contributed by atoms with Gasteiger partial charge >= 0.3 is 6.09 Å². The van der Waals surface area contributed by atoms with Crippen molar-refractivity contribution in [3.8, 4) is 0 Å². The van der Waals surface area contributed by atoms with Gasteiger partial charge in [-0.1, -0.05) is 30.3 Å². The molecular weight excluding hydrogens is 276 g/mol. The Morgan fingerprint density at radius 1 is 1.45 bits per heavy atom. The number of carbonyl (C=O) groups is 1.